The minimum atomic E-state index is -0.299. The Morgan fingerprint density at radius 2 is 2.00 bits per heavy atom. The summed E-state index contributed by atoms with van der Waals surface area (Å²) in [4.78, 5) is 31.3. The number of piperidine rings is 1. The Kier molecular flexibility index (Phi) is 4.49. The van der Waals surface area contributed by atoms with Crippen molar-refractivity contribution in [3.63, 3.8) is 0 Å². The molecule has 0 saturated carbocycles. The van der Waals surface area contributed by atoms with Crippen LogP contribution in [0.25, 0.3) is 0 Å². The number of aromatic amines is 1. The van der Waals surface area contributed by atoms with Crippen LogP contribution >= 0.6 is 0 Å². The van der Waals surface area contributed by atoms with Crippen molar-refractivity contribution < 1.29 is 0 Å². The van der Waals surface area contributed by atoms with Gasteiger partial charge in [0.1, 0.15) is 0 Å². The molecule has 0 spiro atoms. The SMILES string of the molecule is Cc1cc(=O)n(CCN2CC(N3CCCC[C@@H]3C)C2)c(=O)[nH]1. The molecule has 2 fully saturated rings. The fourth-order valence-corrected chi connectivity index (χ4v) is 3.69. The lowest BCUT2D eigenvalue weighted by molar-refractivity contribution is -0.00371. The molecule has 0 unspecified atom stereocenters. The molecule has 0 aromatic carbocycles. The van der Waals surface area contributed by atoms with Gasteiger partial charge < -0.3 is 4.98 Å². The molecule has 1 N–H and O–H groups in total. The molecular weight excluding hydrogens is 280 g/mol. The van der Waals surface area contributed by atoms with E-state index in [9.17, 15) is 9.59 Å². The van der Waals surface area contributed by atoms with Crippen molar-refractivity contribution in [1.82, 2.24) is 19.4 Å². The van der Waals surface area contributed by atoms with Crippen molar-refractivity contribution in [3.8, 4) is 0 Å². The van der Waals surface area contributed by atoms with Crippen LogP contribution in [0, 0.1) is 6.92 Å². The van der Waals surface area contributed by atoms with E-state index < -0.39 is 0 Å². The van der Waals surface area contributed by atoms with Gasteiger partial charge in [-0.25, -0.2) is 4.79 Å². The molecule has 0 bridgehead atoms. The third kappa shape index (κ3) is 3.17. The summed E-state index contributed by atoms with van der Waals surface area (Å²) < 4.78 is 1.30. The van der Waals surface area contributed by atoms with E-state index in [1.54, 1.807) is 6.92 Å². The van der Waals surface area contributed by atoms with Crippen LogP contribution in [-0.2, 0) is 6.54 Å². The minimum Gasteiger partial charge on any atom is -0.311 e. The fraction of sp³-hybridized carbons (Fsp3) is 0.750. The Balaban J connectivity index is 1.51. The molecule has 3 heterocycles. The first-order valence-electron chi connectivity index (χ1n) is 8.33. The standard InChI is InChI=1S/C16H26N4O2/c1-12-9-15(21)20(16(22)17-12)8-7-18-10-14(11-18)19-6-4-3-5-13(19)2/h9,13-14H,3-8,10-11H2,1-2H3,(H,17,22)/t13-/m0/s1. The molecule has 0 aliphatic carbocycles. The lowest BCUT2D eigenvalue weighted by atomic mass is 9.97. The van der Waals surface area contributed by atoms with Gasteiger partial charge in [-0.05, 0) is 33.2 Å². The van der Waals surface area contributed by atoms with Gasteiger partial charge in [-0.1, -0.05) is 6.42 Å². The van der Waals surface area contributed by atoms with Crippen LogP contribution in [-0.4, -0.2) is 57.6 Å². The van der Waals surface area contributed by atoms with Gasteiger partial charge in [0.15, 0.2) is 0 Å². The summed E-state index contributed by atoms with van der Waals surface area (Å²) in [6.45, 7) is 8.63. The van der Waals surface area contributed by atoms with E-state index in [1.165, 1.54) is 36.4 Å². The predicted molar refractivity (Wildman–Crippen MR) is 86.3 cm³/mol. The molecule has 0 radical (unpaired) electrons. The third-order valence-corrected chi connectivity index (χ3v) is 5.06. The Morgan fingerprint density at radius 1 is 1.23 bits per heavy atom. The molecule has 6 heteroatoms. The molecule has 1 atom stereocenters. The molecule has 122 valence electrons. The Labute approximate surface area is 130 Å². The molecular formula is C16H26N4O2. The third-order valence-electron chi connectivity index (χ3n) is 5.06. The highest BCUT2D eigenvalue weighted by Crippen LogP contribution is 2.24. The van der Waals surface area contributed by atoms with E-state index in [4.69, 9.17) is 0 Å². The number of nitrogens with one attached hydrogen (secondary N) is 1. The van der Waals surface area contributed by atoms with Gasteiger partial charge in [0.2, 0.25) is 0 Å². The monoisotopic (exact) mass is 306 g/mol. The average molecular weight is 306 g/mol. The first kappa shape index (κ1) is 15.5. The van der Waals surface area contributed by atoms with Gasteiger partial charge in [0.05, 0.1) is 0 Å². The number of hydrogen-bond acceptors (Lipinski definition) is 4. The largest absolute Gasteiger partial charge is 0.328 e. The zero-order valence-electron chi connectivity index (χ0n) is 13.5. The molecule has 0 amide bonds. The van der Waals surface area contributed by atoms with Crippen LogP contribution in [0.5, 0.6) is 0 Å². The second kappa shape index (κ2) is 6.38. The molecule has 2 aliphatic heterocycles. The number of aryl methyl sites for hydroxylation is 1. The van der Waals surface area contributed by atoms with Crippen LogP contribution in [0.4, 0.5) is 0 Å². The molecule has 6 nitrogen and oxygen atoms in total. The number of likely N-dealkylation sites (tertiary alicyclic amines) is 2. The van der Waals surface area contributed by atoms with E-state index in [2.05, 4.69) is 21.7 Å². The summed E-state index contributed by atoms with van der Waals surface area (Å²) in [5.74, 6) is 0. The number of H-pyrrole nitrogens is 1. The predicted octanol–water partition coefficient (Wildman–Crippen LogP) is 0.404. The smallest absolute Gasteiger partial charge is 0.311 e. The summed E-state index contributed by atoms with van der Waals surface area (Å²) in [7, 11) is 0. The van der Waals surface area contributed by atoms with Gasteiger partial charge in [-0.2, -0.15) is 0 Å². The Bertz CT molecular complexity index is 599. The van der Waals surface area contributed by atoms with Gasteiger partial charge >= 0.3 is 5.69 Å². The summed E-state index contributed by atoms with van der Waals surface area (Å²) >= 11 is 0. The van der Waals surface area contributed by atoms with Crippen LogP contribution in [0.2, 0.25) is 0 Å². The van der Waals surface area contributed by atoms with Crippen LogP contribution in [0.1, 0.15) is 31.9 Å². The van der Waals surface area contributed by atoms with Crippen molar-refractivity contribution in [2.75, 3.05) is 26.2 Å². The normalized spacial score (nSPS) is 24.4. The molecule has 1 aromatic rings. The maximum absolute atomic E-state index is 11.9. The zero-order chi connectivity index (χ0) is 15.7. The number of nitrogens with zero attached hydrogens (tertiary/aromatic N) is 3. The van der Waals surface area contributed by atoms with Crippen molar-refractivity contribution in [3.05, 3.63) is 32.6 Å². The van der Waals surface area contributed by atoms with Crippen molar-refractivity contribution in [2.45, 2.75) is 51.7 Å². The number of rotatable bonds is 4. The summed E-state index contributed by atoms with van der Waals surface area (Å²) in [5.41, 5.74) is 0.115. The first-order chi connectivity index (χ1) is 10.5. The summed E-state index contributed by atoms with van der Waals surface area (Å²) in [5, 5.41) is 0. The highest BCUT2D eigenvalue weighted by atomic mass is 16.2. The minimum absolute atomic E-state index is 0.206. The van der Waals surface area contributed by atoms with E-state index in [-0.39, 0.29) is 11.2 Å². The van der Waals surface area contributed by atoms with Crippen molar-refractivity contribution in [1.29, 1.82) is 0 Å². The van der Waals surface area contributed by atoms with E-state index in [0.29, 0.717) is 24.3 Å². The average Bonchev–Trinajstić information content (AvgIpc) is 2.41. The number of hydrogen-bond donors (Lipinski definition) is 1. The second-order valence-corrected chi connectivity index (χ2v) is 6.74. The summed E-state index contributed by atoms with van der Waals surface area (Å²) in [6.07, 6.45) is 3.98. The van der Waals surface area contributed by atoms with Crippen molar-refractivity contribution in [2.24, 2.45) is 0 Å². The summed E-state index contributed by atoms with van der Waals surface area (Å²) in [6, 6.07) is 2.84. The van der Waals surface area contributed by atoms with Crippen LogP contribution in [0.15, 0.2) is 15.7 Å². The quantitative estimate of drug-likeness (QED) is 0.875. The molecule has 1 aromatic heterocycles. The van der Waals surface area contributed by atoms with Crippen molar-refractivity contribution >= 4 is 0 Å². The van der Waals surface area contributed by atoms with Gasteiger partial charge in [-0.3, -0.25) is 19.2 Å². The molecule has 3 rings (SSSR count). The van der Waals surface area contributed by atoms with Crippen LogP contribution < -0.4 is 11.2 Å². The first-order valence-corrected chi connectivity index (χ1v) is 8.33. The topological polar surface area (TPSA) is 61.3 Å². The lowest BCUT2D eigenvalue weighted by Gasteiger charge is -2.49. The van der Waals surface area contributed by atoms with Gasteiger partial charge in [0.25, 0.3) is 5.56 Å². The van der Waals surface area contributed by atoms with E-state index in [0.717, 1.165) is 19.6 Å². The Morgan fingerprint density at radius 3 is 2.68 bits per heavy atom. The molecule has 22 heavy (non-hydrogen) atoms. The highest BCUT2D eigenvalue weighted by molar-refractivity contribution is 4.97. The zero-order valence-corrected chi connectivity index (χ0v) is 13.5. The van der Waals surface area contributed by atoms with Crippen LogP contribution in [0.3, 0.4) is 0 Å². The maximum atomic E-state index is 11.9. The maximum Gasteiger partial charge on any atom is 0.328 e. The highest BCUT2D eigenvalue weighted by Gasteiger charge is 2.34. The molecule has 2 aliphatic rings. The van der Waals surface area contributed by atoms with Gasteiger partial charge in [-0.15, -0.1) is 0 Å². The van der Waals surface area contributed by atoms with Gasteiger partial charge in [0, 0.05) is 50.0 Å². The van der Waals surface area contributed by atoms with E-state index >= 15 is 0 Å². The second-order valence-electron chi connectivity index (χ2n) is 6.74. The number of aromatic nitrogens is 2. The van der Waals surface area contributed by atoms with E-state index in [1.807, 2.05) is 0 Å². The fourth-order valence-electron chi connectivity index (χ4n) is 3.69. The lowest BCUT2D eigenvalue weighted by Crippen LogP contribution is -2.62. The Hall–Kier alpha value is -1.40. The molecule has 2 saturated heterocycles.